The molecule has 1 unspecified atom stereocenters. The highest BCUT2D eigenvalue weighted by molar-refractivity contribution is 6.30. The minimum absolute atomic E-state index is 0.0794. The van der Waals surface area contributed by atoms with E-state index in [1.54, 1.807) is 49.1 Å². The molecule has 2 heterocycles. The molecule has 2 aromatic heterocycles. The first-order valence-corrected chi connectivity index (χ1v) is 10.3. The maximum atomic E-state index is 13.0. The Balaban J connectivity index is 1.89. The number of ketones is 1. The molecule has 0 fully saturated rings. The SMILES string of the molecule is CC(C)C(=O)CNc1cc(C(=O)NC(C)c2cnccn2)cc(-c2ccc(Cl)cn2)c1. The topological polar surface area (TPSA) is 96.9 Å². The van der Waals surface area contributed by atoms with Crippen LogP contribution in [0.15, 0.2) is 55.1 Å². The number of carbonyl (C=O) groups is 2. The van der Waals surface area contributed by atoms with Gasteiger partial charge in [-0.3, -0.25) is 24.5 Å². The number of anilines is 1. The highest BCUT2D eigenvalue weighted by atomic mass is 35.5. The molecule has 7 nitrogen and oxygen atoms in total. The summed E-state index contributed by atoms with van der Waals surface area (Å²) in [5, 5.41) is 6.58. The van der Waals surface area contributed by atoms with Crippen molar-refractivity contribution in [1.82, 2.24) is 20.3 Å². The third-order valence-corrected chi connectivity index (χ3v) is 4.93. The number of benzene rings is 1. The lowest BCUT2D eigenvalue weighted by Crippen LogP contribution is -2.27. The number of carbonyl (C=O) groups excluding carboxylic acids is 2. The van der Waals surface area contributed by atoms with Gasteiger partial charge in [0.1, 0.15) is 0 Å². The van der Waals surface area contributed by atoms with Crippen LogP contribution in [0.4, 0.5) is 5.69 Å². The quantitative estimate of drug-likeness (QED) is 0.544. The van der Waals surface area contributed by atoms with Crippen LogP contribution in [0.2, 0.25) is 5.02 Å². The number of hydrogen-bond donors (Lipinski definition) is 2. The van der Waals surface area contributed by atoms with Gasteiger partial charge in [0.05, 0.1) is 35.2 Å². The van der Waals surface area contributed by atoms with E-state index in [4.69, 9.17) is 11.6 Å². The third-order valence-electron chi connectivity index (χ3n) is 4.70. The Bertz CT molecular complexity index is 1060. The Morgan fingerprint density at radius 2 is 1.84 bits per heavy atom. The third kappa shape index (κ3) is 6.08. The van der Waals surface area contributed by atoms with Crippen molar-refractivity contribution in [3.05, 3.63) is 71.4 Å². The fourth-order valence-corrected chi connectivity index (χ4v) is 2.95. The molecule has 2 N–H and O–H groups in total. The first-order chi connectivity index (χ1) is 14.8. The van der Waals surface area contributed by atoms with Gasteiger partial charge >= 0.3 is 0 Å². The Labute approximate surface area is 186 Å². The molecule has 0 spiro atoms. The molecule has 31 heavy (non-hydrogen) atoms. The van der Waals surface area contributed by atoms with Gasteiger partial charge in [0, 0.05) is 41.3 Å². The van der Waals surface area contributed by atoms with Crippen molar-refractivity contribution in [3.63, 3.8) is 0 Å². The minimum atomic E-state index is -0.322. The molecule has 1 amide bonds. The Morgan fingerprint density at radius 3 is 2.48 bits per heavy atom. The monoisotopic (exact) mass is 437 g/mol. The zero-order chi connectivity index (χ0) is 22.4. The first-order valence-electron chi connectivity index (χ1n) is 9.94. The number of aromatic nitrogens is 3. The van der Waals surface area contributed by atoms with Gasteiger partial charge in [-0.1, -0.05) is 25.4 Å². The summed E-state index contributed by atoms with van der Waals surface area (Å²) in [6.45, 7) is 5.72. The molecule has 3 rings (SSSR count). The molecule has 1 aromatic carbocycles. The van der Waals surface area contributed by atoms with Gasteiger partial charge in [-0.25, -0.2) is 0 Å². The fraction of sp³-hybridized carbons (Fsp3) is 0.261. The maximum Gasteiger partial charge on any atom is 0.251 e. The molecular weight excluding hydrogens is 414 g/mol. The van der Waals surface area contributed by atoms with Crippen molar-refractivity contribution < 1.29 is 9.59 Å². The van der Waals surface area contributed by atoms with Crippen LogP contribution in [0.3, 0.4) is 0 Å². The summed E-state index contributed by atoms with van der Waals surface area (Å²) in [7, 11) is 0. The first kappa shape index (κ1) is 22.4. The standard InChI is InChI=1S/C23H24ClN5O2/c1-14(2)22(30)13-27-19-9-16(20-5-4-18(24)11-28-20)8-17(10-19)23(31)29-15(3)21-12-25-6-7-26-21/h4-12,14-15,27H,13H2,1-3H3,(H,29,31). The van der Waals surface area contributed by atoms with Crippen molar-refractivity contribution >= 4 is 29.0 Å². The second-order valence-electron chi connectivity index (χ2n) is 7.46. The summed E-state index contributed by atoms with van der Waals surface area (Å²) in [6, 6.07) is 8.52. The highest BCUT2D eigenvalue weighted by Gasteiger charge is 2.16. The number of pyridine rings is 1. The number of rotatable bonds is 8. The van der Waals surface area contributed by atoms with Crippen LogP contribution in [0, 0.1) is 5.92 Å². The predicted molar refractivity (Wildman–Crippen MR) is 121 cm³/mol. The van der Waals surface area contributed by atoms with E-state index < -0.39 is 0 Å². The van der Waals surface area contributed by atoms with E-state index in [0.717, 1.165) is 5.56 Å². The summed E-state index contributed by atoms with van der Waals surface area (Å²) in [5.74, 6) is -0.270. The van der Waals surface area contributed by atoms with Crippen molar-refractivity contribution in [1.29, 1.82) is 0 Å². The molecule has 0 saturated heterocycles. The van der Waals surface area contributed by atoms with E-state index in [9.17, 15) is 9.59 Å². The van der Waals surface area contributed by atoms with Gasteiger partial charge in [0.25, 0.3) is 5.91 Å². The molecule has 0 saturated carbocycles. The Hall–Kier alpha value is -3.32. The second-order valence-corrected chi connectivity index (χ2v) is 7.90. The molecule has 0 aliphatic heterocycles. The predicted octanol–water partition coefficient (Wildman–Crippen LogP) is 4.32. The van der Waals surface area contributed by atoms with Crippen LogP contribution in [0.5, 0.6) is 0 Å². The molecule has 8 heteroatoms. The number of Topliss-reactive ketones (excluding diaryl/α,β-unsaturated/α-hetero) is 1. The fourth-order valence-electron chi connectivity index (χ4n) is 2.84. The summed E-state index contributed by atoms with van der Waals surface area (Å²) >= 11 is 5.95. The van der Waals surface area contributed by atoms with E-state index in [0.29, 0.717) is 27.7 Å². The van der Waals surface area contributed by atoms with E-state index >= 15 is 0 Å². The van der Waals surface area contributed by atoms with Crippen LogP contribution in [0.1, 0.15) is 42.9 Å². The summed E-state index contributed by atoms with van der Waals surface area (Å²) < 4.78 is 0. The van der Waals surface area contributed by atoms with Crippen LogP contribution < -0.4 is 10.6 Å². The smallest absolute Gasteiger partial charge is 0.251 e. The van der Waals surface area contributed by atoms with E-state index in [2.05, 4.69) is 25.6 Å². The van der Waals surface area contributed by atoms with Crippen molar-refractivity contribution in [2.24, 2.45) is 5.92 Å². The van der Waals surface area contributed by atoms with E-state index in [-0.39, 0.29) is 30.2 Å². The minimum Gasteiger partial charge on any atom is -0.378 e. The molecule has 160 valence electrons. The van der Waals surface area contributed by atoms with Crippen LogP contribution in [-0.2, 0) is 4.79 Å². The van der Waals surface area contributed by atoms with Gasteiger partial charge in [-0.2, -0.15) is 0 Å². The molecule has 0 aliphatic carbocycles. The van der Waals surface area contributed by atoms with Gasteiger partial charge < -0.3 is 10.6 Å². The van der Waals surface area contributed by atoms with Crippen LogP contribution >= 0.6 is 11.6 Å². The Morgan fingerprint density at radius 1 is 1.03 bits per heavy atom. The van der Waals surface area contributed by atoms with Gasteiger partial charge in [-0.15, -0.1) is 0 Å². The average molecular weight is 438 g/mol. The normalized spacial score (nSPS) is 11.8. The van der Waals surface area contributed by atoms with Crippen LogP contribution in [0.25, 0.3) is 11.3 Å². The number of nitrogens with one attached hydrogen (secondary N) is 2. The number of amides is 1. The van der Waals surface area contributed by atoms with Crippen molar-refractivity contribution in [3.8, 4) is 11.3 Å². The lowest BCUT2D eigenvalue weighted by atomic mass is 10.0. The highest BCUT2D eigenvalue weighted by Crippen LogP contribution is 2.25. The number of hydrogen-bond acceptors (Lipinski definition) is 6. The summed E-state index contributed by atoms with van der Waals surface area (Å²) in [4.78, 5) is 37.6. The number of nitrogens with zero attached hydrogens (tertiary/aromatic N) is 3. The molecular formula is C23H24ClN5O2. The Kier molecular flexibility index (Phi) is 7.31. The zero-order valence-electron chi connectivity index (χ0n) is 17.6. The molecule has 3 aromatic rings. The summed E-state index contributed by atoms with van der Waals surface area (Å²) in [6.07, 6.45) is 6.33. The molecule has 0 radical (unpaired) electrons. The lowest BCUT2D eigenvalue weighted by molar-refractivity contribution is -0.120. The largest absolute Gasteiger partial charge is 0.378 e. The van der Waals surface area contributed by atoms with Crippen LogP contribution in [-0.4, -0.2) is 33.2 Å². The molecule has 0 aliphatic rings. The second kappa shape index (κ2) is 10.1. The maximum absolute atomic E-state index is 13.0. The summed E-state index contributed by atoms with van der Waals surface area (Å²) in [5.41, 5.74) is 3.15. The zero-order valence-corrected chi connectivity index (χ0v) is 18.3. The number of halogens is 1. The van der Waals surface area contributed by atoms with Gasteiger partial charge in [0.2, 0.25) is 0 Å². The van der Waals surface area contributed by atoms with E-state index in [1.165, 1.54) is 0 Å². The molecule has 0 bridgehead atoms. The lowest BCUT2D eigenvalue weighted by Gasteiger charge is -2.15. The molecule has 1 atom stereocenters. The average Bonchev–Trinajstić information content (AvgIpc) is 2.78. The van der Waals surface area contributed by atoms with Crippen molar-refractivity contribution in [2.75, 3.05) is 11.9 Å². The van der Waals surface area contributed by atoms with Gasteiger partial charge in [0.15, 0.2) is 5.78 Å². The van der Waals surface area contributed by atoms with Gasteiger partial charge in [-0.05, 0) is 37.3 Å². The van der Waals surface area contributed by atoms with Crippen molar-refractivity contribution in [2.45, 2.75) is 26.8 Å². The van der Waals surface area contributed by atoms with E-state index in [1.807, 2.05) is 26.8 Å².